The van der Waals surface area contributed by atoms with Crippen molar-refractivity contribution in [2.75, 3.05) is 13.2 Å². The minimum atomic E-state index is -1.58. The first-order valence-corrected chi connectivity index (χ1v) is 16.3. The van der Waals surface area contributed by atoms with Gasteiger partial charge in [0.25, 0.3) is 0 Å². The number of esters is 4. The number of carbonyl (C=O) groups is 5. The lowest BCUT2D eigenvalue weighted by atomic mass is 9.96. The summed E-state index contributed by atoms with van der Waals surface area (Å²) in [6.07, 6.45) is -7.93. The minimum Gasteiger partial charge on any atom is -0.463 e. The van der Waals surface area contributed by atoms with Crippen LogP contribution in [0.25, 0.3) is 21.6 Å². The number of fused-ring (bicyclic) bond motifs is 3. The van der Waals surface area contributed by atoms with Gasteiger partial charge < -0.3 is 38.5 Å². The lowest BCUT2D eigenvalue weighted by Crippen LogP contribution is -2.62. The van der Waals surface area contributed by atoms with Crippen molar-refractivity contribution in [3.63, 3.8) is 0 Å². The number of rotatable bonds is 12. The van der Waals surface area contributed by atoms with Crippen molar-refractivity contribution in [1.29, 1.82) is 0 Å². The molecule has 2 aliphatic rings. The van der Waals surface area contributed by atoms with Gasteiger partial charge in [-0.25, -0.2) is 9.59 Å². The van der Waals surface area contributed by atoms with Crippen LogP contribution in [0.3, 0.4) is 0 Å². The third-order valence-electron chi connectivity index (χ3n) is 7.95. The Bertz CT molecular complexity index is 1620. The van der Waals surface area contributed by atoms with Crippen molar-refractivity contribution in [2.45, 2.75) is 103 Å². The molecule has 7 atom stereocenters. The van der Waals surface area contributed by atoms with E-state index >= 15 is 0 Å². The number of ether oxygens (including phenoxy) is 7. The maximum absolute atomic E-state index is 13.5. The van der Waals surface area contributed by atoms with Crippen LogP contribution >= 0.6 is 0 Å². The SMILES string of the molecule is CC(=O)OC[C@H]1O[C@H](O[C@H](C)[C@H](NC(=O)OCC2c3ccccc3-c3ccccc32)C(=O)OC(C)(C)C)[C@H](N=[N+]=[N-])[C@@H](OC(C)=O)[C@H]1OC(C)=O. The molecule has 16 heteroatoms. The number of hydrogen-bond acceptors (Lipinski definition) is 13. The van der Waals surface area contributed by atoms with Crippen molar-refractivity contribution in [2.24, 2.45) is 5.11 Å². The molecule has 2 aromatic rings. The molecule has 0 aromatic heterocycles. The largest absolute Gasteiger partial charge is 0.463 e. The van der Waals surface area contributed by atoms with E-state index in [2.05, 4.69) is 15.3 Å². The van der Waals surface area contributed by atoms with Gasteiger partial charge in [0.2, 0.25) is 0 Å². The first-order valence-electron chi connectivity index (χ1n) is 16.3. The molecule has 16 nitrogen and oxygen atoms in total. The second kappa shape index (κ2) is 16.7. The Hall–Kier alpha value is -5.18. The molecule has 51 heavy (non-hydrogen) atoms. The van der Waals surface area contributed by atoms with E-state index in [0.717, 1.165) is 43.0 Å². The molecule has 1 aliphatic carbocycles. The monoisotopic (exact) mass is 710 g/mol. The second-order valence-corrected chi connectivity index (χ2v) is 13.0. The van der Waals surface area contributed by atoms with Crippen molar-refractivity contribution in [3.05, 3.63) is 70.1 Å². The van der Waals surface area contributed by atoms with Crippen LogP contribution in [0.15, 0.2) is 53.6 Å². The molecule has 1 N–H and O–H groups in total. The summed E-state index contributed by atoms with van der Waals surface area (Å²) in [4.78, 5) is 65.5. The molecule has 0 unspecified atom stereocenters. The molecule has 1 heterocycles. The van der Waals surface area contributed by atoms with Gasteiger partial charge in [0.1, 0.15) is 31.0 Å². The summed E-state index contributed by atoms with van der Waals surface area (Å²) in [5.74, 6) is -3.44. The summed E-state index contributed by atoms with van der Waals surface area (Å²) < 4.78 is 39.2. The fourth-order valence-corrected chi connectivity index (χ4v) is 5.97. The van der Waals surface area contributed by atoms with Gasteiger partial charge in [-0.05, 0) is 55.5 Å². The van der Waals surface area contributed by atoms with Crippen molar-refractivity contribution >= 4 is 30.0 Å². The van der Waals surface area contributed by atoms with Gasteiger partial charge in [-0.1, -0.05) is 53.6 Å². The summed E-state index contributed by atoms with van der Waals surface area (Å²) in [6, 6.07) is 12.6. The van der Waals surface area contributed by atoms with E-state index in [0.29, 0.717) is 0 Å². The molecule has 0 radical (unpaired) electrons. The topological polar surface area (TPSA) is 211 Å². The average molecular weight is 711 g/mol. The maximum Gasteiger partial charge on any atom is 0.407 e. The fraction of sp³-hybridized carbons (Fsp3) is 0.514. The lowest BCUT2D eigenvalue weighted by molar-refractivity contribution is -0.284. The fourth-order valence-electron chi connectivity index (χ4n) is 5.97. The Balaban J connectivity index is 1.58. The van der Waals surface area contributed by atoms with Gasteiger partial charge in [0, 0.05) is 31.6 Å². The number of nitrogens with one attached hydrogen (secondary N) is 1. The molecule has 1 fully saturated rings. The Morgan fingerprint density at radius 2 is 1.43 bits per heavy atom. The summed E-state index contributed by atoms with van der Waals surface area (Å²) >= 11 is 0. The predicted molar refractivity (Wildman–Crippen MR) is 178 cm³/mol. The van der Waals surface area contributed by atoms with E-state index in [9.17, 15) is 29.5 Å². The van der Waals surface area contributed by atoms with Crippen LogP contribution in [-0.4, -0.2) is 91.6 Å². The van der Waals surface area contributed by atoms with Crippen LogP contribution < -0.4 is 5.32 Å². The summed E-state index contributed by atoms with van der Waals surface area (Å²) in [6.45, 7) is 9.16. The smallest absolute Gasteiger partial charge is 0.407 e. The van der Waals surface area contributed by atoms with Gasteiger partial charge >= 0.3 is 30.0 Å². The number of carbonyl (C=O) groups excluding carboxylic acids is 5. The van der Waals surface area contributed by atoms with E-state index < -0.39 is 85.0 Å². The highest BCUT2D eigenvalue weighted by molar-refractivity contribution is 5.83. The van der Waals surface area contributed by atoms with E-state index in [1.54, 1.807) is 20.8 Å². The molecule has 2 aromatic carbocycles. The van der Waals surface area contributed by atoms with Crippen LogP contribution in [0.1, 0.15) is 65.5 Å². The predicted octanol–water partition coefficient (Wildman–Crippen LogP) is 4.47. The lowest BCUT2D eigenvalue weighted by Gasteiger charge is -2.44. The third-order valence-corrected chi connectivity index (χ3v) is 7.95. The molecule has 0 saturated carbocycles. The van der Waals surface area contributed by atoms with Crippen LogP contribution in [0.5, 0.6) is 0 Å². The van der Waals surface area contributed by atoms with Crippen LogP contribution in [0.4, 0.5) is 4.79 Å². The summed E-state index contributed by atoms with van der Waals surface area (Å²) in [7, 11) is 0. The summed E-state index contributed by atoms with van der Waals surface area (Å²) in [5.41, 5.74) is 12.5. The molecule has 0 bridgehead atoms. The summed E-state index contributed by atoms with van der Waals surface area (Å²) in [5, 5.41) is 6.23. The molecule has 4 rings (SSSR count). The Labute approximate surface area is 294 Å². The number of hydrogen-bond donors (Lipinski definition) is 1. The normalized spacial score (nSPS) is 22.1. The second-order valence-electron chi connectivity index (χ2n) is 13.0. The molecule has 1 saturated heterocycles. The van der Waals surface area contributed by atoms with E-state index in [4.69, 9.17) is 33.2 Å². The number of alkyl carbamates (subject to hydrolysis) is 1. The van der Waals surface area contributed by atoms with Crippen LogP contribution in [0, 0.1) is 0 Å². The highest BCUT2D eigenvalue weighted by atomic mass is 16.7. The highest BCUT2D eigenvalue weighted by Crippen LogP contribution is 2.44. The van der Waals surface area contributed by atoms with Gasteiger partial charge in [-0.3, -0.25) is 14.4 Å². The molecular weight excluding hydrogens is 668 g/mol. The van der Waals surface area contributed by atoms with E-state index in [1.807, 2.05) is 48.5 Å². The van der Waals surface area contributed by atoms with Crippen molar-refractivity contribution in [1.82, 2.24) is 5.32 Å². The van der Waals surface area contributed by atoms with Crippen LogP contribution in [-0.2, 0) is 52.3 Å². The quantitative estimate of drug-likeness (QED) is 0.106. The number of amides is 1. The van der Waals surface area contributed by atoms with Gasteiger partial charge in [-0.2, -0.15) is 0 Å². The maximum atomic E-state index is 13.5. The standard InChI is InChI=1S/C35H42N4O12/c1-18(47-33-29(38-39-36)31(49-21(4)42)30(48-20(3)41)27(50-33)17-45-19(2)40)28(32(43)51-35(5,6)7)37-34(44)46-16-26-24-14-10-8-12-22(24)23-13-9-11-15-25(23)26/h8-15,18,26-31,33H,16-17H2,1-7H3,(H,37,44)/t18-,27-,28+,29-,30+,31-,33+/m1/s1. The minimum absolute atomic E-state index is 0.0414. The Morgan fingerprint density at radius 1 is 0.863 bits per heavy atom. The van der Waals surface area contributed by atoms with Gasteiger partial charge in [0.05, 0.1) is 6.10 Å². The zero-order valence-corrected chi connectivity index (χ0v) is 29.4. The first kappa shape index (κ1) is 38.6. The molecular formula is C35H42N4O12. The zero-order chi connectivity index (χ0) is 37.5. The van der Waals surface area contributed by atoms with Gasteiger partial charge in [0.15, 0.2) is 24.5 Å². The number of azide groups is 1. The van der Waals surface area contributed by atoms with E-state index in [-0.39, 0.29) is 12.5 Å². The molecule has 274 valence electrons. The number of benzene rings is 2. The number of nitrogens with zero attached hydrogens (tertiary/aromatic N) is 3. The molecule has 1 amide bonds. The van der Waals surface area contributed by atoms with Crippen LogP contribution in [0.2, 0.25) is 0 Å². The average Bonchev–Trinajstić information content (AvgIpc) is 3.36. The van der Waals surface area contributed by atoms with Crippen molar-refractivity contribution in [3.8, 4) is 11.1 Å². The third kappa shape index (κ3) is 9.96. The van der Waals surface area contributed by atoms with E-state index in [1.165, 1.54) is 6.92 Å². The molecule has 0 spiro atoms. The molecule has 1 aliphatic heterocycles. The Kier molecular flexibility index (Phi) is 12.6. The highest BCUT2D eigenvalue weighted by Gasteiger charge is 2.52. The first-order chi connectivity index (χ1) is 24.1. The Morgan fingerprint density at radius 3 is 1.96 bits per heavy atom. The van der Waals surface area contributed by atoms with Gasteiger partial charge in [-0.15, -0.1) is 0 Å². The zero-order valence-electron chi connectivity index (χ0n) is 29.4. The van der Waals surface area contributed by atoms with Crippen molar-refractivity contribution < 1.29 is 57.1 Å².